The molecule has 1 aromatic heterocycles. The Morgan fingerprint density at radius 1 is 1.43 bits per heavy atom. The van der Waals surface area contributed by atoms with Crippen LogP contribution in [0.1, 0.15) is 32.2 Å². The molecule has 0 radical (unpaired) electrons. The maximum absolute atomic E-state index is 11.5. The Bertz CT molecular complexity index is 666. The van der Waals surface area contributed by atoms with E-state index in [1.807, 2.05) is 58.0 Å². The average Bonchev–Trinajstić information content (AvgIpc) is 2.71. The number of oxazole rings is 1. The van der Waals surface area contributed by atoms with Gasteiger partial charge < -0.3 is 14.5 Å². The molecule has 112 valence electrons. The highest BCUT2D eigenvalue weighted by atomic mass is 16.6. The summed E-state index contributed by atoms with van der Waals surface area (Å²) in [4.78, 5) is 15.7. The van der Waals surface area contributed by atoms with Crippen molar-refractivity contribution in [3.63, 3.8) is 0 Å². The predicted molar refractivity (Wildman–Crippen MR) is 82.0 cm³/mol. The number of hydrogen-bond donors (Lipinski definition) is 1. The summed E-state index contributed by atoms with van der Waals surface area (Å²) in [5, 5.41) is 2.67. The van der Waals surface area contributed by atoms with E-state index in [9.17, 15) is 4.79 Å². The van der Waals surface area contributed by atoms with Crippen LogP contribution in [0.25, 0.3) is 17.2 Å². The fourth-order valence-corrected chi connectivity index (χ4v) is 1.81. The molecule has 0 saturated heterocycles. The van der Waals surface area contributed by atoms with Gasteiger partial charge in [-0.2, -0.15) is 0 Å². The molecule has 0 aliphatic heterocycles. The van der Waals surface area contributed by atoms with Crippen molar-refractivity contribution in [1.29, 1.82) is 0 Å². The van der Waals surface area contributed by atoms with Gasteiger partial charge in [-0.05, 0) is 38.5 Å². The van der Waals surface area contributed by atoms with Crippen molar-refractivity contribution < 1.29 is 13.9 Å². The van der Waals surface area contributed by atoms with Crippen molar-refractivity contribution in [2.45, 2.75) is 33.3 Å². The number of alkyl carbamates (subject to hydrolysis) is 1. The minimum Gasteiger partial charge on any atom is -0.444 e. The van der Waals surface area contributed by atoms with E-state index in [1.54, 1.807) is 0 Å². The molecule has 1 N–H and O–H groups in total. The highest BCUT2D eigenvalue weighted by Gasteiger charge is 2.14. The number of carbonyl (C=O) groups excluding carboxylic acids is 1. The van der Waals surface area contributed by atoms with Gasteiger partial charge in [-0.3, -0.25) is 0 Å². The van der Waals surface area contributed by atoms with Crippen molar-refractivity contribution in [3.05, 3.63) is 35.7 Å². The number of fused-ring (bicyclic) bond motifs is 1. The van der Waals surface area contributed by atoms with Crippen molar-refractivity contribution in [2.24, 2.45) is 0 Å². The first-order valence-electron chi connectivity index (χ1n) is 6.84. The molecule has 0 bridgehead atoms. The quantitative estimate of drug-likeness (QED) is 0.935. The number of nitrogens with one attached hydrogen (secondary N) is 1. The molecule has 5 heteroatoms. The SMILES string of the molecule is Cc1nc2cc(C=CCNC(=O)OC(C)(C)C)ccc2o1. The summed E-state index contributed by atoms with van der Waals surface area (Å²) in [6, 6.07) is 5.77. The molecule has 0 aliphatic rings. The van der Waals surface area contributed by atoms with Gasteiger partial charge in [-0.15, -0.1) is 0 Å². The van der Waals surface area contributed by atoms with Crippen LogP contribution in [0, 0.1) is 6.92 Å². The molecule has 5 nitrogen and oxygen atoms in total. The summed E-state index contributed by atoms with van der Waals surface area (Å²) in [6.07, 6.45) is 3.36. The van der Waals surface area contributed by atoms with Crippen LogP contribution in [0.4, 0.5) is 4.79 Å². The van der Waals surface area contributed by atoms with E-state index in [4.69, 9.17) is 9.15 Å². The van der Waals surface area contributed by atoms with Crippen LogP contribution in [-0.4, -0.2) is 23.2 Å². The molecule has 0 unspecified atom stereocenters. The molecule has 0 fully saturated rings. The van der Waals surface area contributed by atoms with Gasteiger partial charge in [0.25, 0.3) is 0 Å². The summed E-state index contributed by atoms with van der Waals surface area (Å²) < 4.78 is 10.6. The van der Waals surface area contributed by atoms with Gasteiger partial charge in [0, 0.05) is 13.5 Å². The third kappa shape index (κ3) is 4.63. The first-order chi connectivity index (χ1) is 9.83. The zero-order valence-electron chi connectivity index (χ0n) is 12.8. The molecule has 0 saturated carbocycles. The van der Waals surface area contributed by atoms with Gasteiger partial charge >= 0.3 is 6.09 Å². The van der Waals surface area contributed by atoms with Crippen LogP contribution in [0.2, 0.25) is 0 Å². The van der Waals surface area contributed by atoms with E-state index >= 15 is 0 Å². The zero-order chi connectivity index (χ0) is 15.5. The van der Waals surface area contributed by atoms with Crippen LogP contribution in [0.5, 0.6) is 0 Å². The topological polar surface area (TPSA) is 64.4 Å². The highest BCUT2D eigenvalue weighted by molar-refractivity contribution is 5.76. The largest absolute Gasteiger partial charge is 0.444 e. The first-order valence-corrected chi connectivity index (χ1v) is 6.84. The molecular formula is C16H20N2O3. The molecular weight excluding hydrogens is 268 g/mol. The van der Waals surface area contributed by atoms with Crippen LogP contribution < -0.4 is 5.32 Å². The van der Waals surface area contributed by atoms with E-state index in [2.05, 4.69) is 10.3 Å². The smallest absolute Gasteiger partial charge is 0.407 e. The lowest BCUT2D eigenvalue weighted by molar-refractivity contribution is 0.0534. The maximum Gasteiger partial charge on any atom is 0.407 e. The lowest BCUT2D eigenvalue weighted by Crippen LogP contribution is -2.32. The predicted octanol–water partition coefficient (Wildman–Crippen LogP) is 3.67. The first kappa shape index (κ1) is 15.1. The number of carbonyl (C=O) groups is 1. The van der Waals surface area contributed by atoms with Gasteiger partial charge in [-0.1, -0.05) is 18.2 Å². The molecule has 0 spiro atoms. The minimum atomic E-state index is -0.482. The number of ether oxygens (including phenoxy) is 1. The third-order valence-electron chi connectivity index (χ3n) is 2.59. The summed E-state index contributed by atoms with van der Waals surface area (Å²) >= 11 is 0. The Morgan fingerprint density at radius 2 is 2.19 bits per heavy atom. The molecule has 1 aromatic carbocycles. The van der Waals surface area contributed by atoms with Crippen LogP contribution in [0.3, 0.4) is 0 Å². The van der Waals surface area contributed by atoms with Gasteiger partial charge in [0.15, 0.2) is 11.5 Å². The summed E-state index contributed by atoms with van der Waals surface area (Å²) in [6.45, 7) is 7.72. The molecule has 2 aromatic rings. The van der Waals surface area contributed by atoms with E-state index in [1.165, 1.54) is 0 Å². The Labute approximate surface area is 124 Å². The van der Waals surface area contributed by atoms with Gasteiger partial charge in [0.2, 0.25) is 0 Å². The van der Waals surface area contributed by atoms with Gasteiger partial charge in [-0.25, -0.2) is 9.78 Å². The summed E-state index contributed by atoms with van der Waals surface area (Å²) in [5.74, 6) is 0.651. The third-order valence-corrected chi connectivity index (χ3v) is 2.59. The van der Waals surface area contributed by atoms with Crippen LogP contribution >= 0.6 is 0 Å². The van der Waals surface area contributed by atoms with Crippen molar-refractivity contribution in [2.75, 3.05) is 6.54 Å². The minimum absolute atomic E-state index is 0.408. The Hall–Kier alpha value is -2.30. The maximum atomic E-state index is 11.5. The number of aromatic nitrogens is 1. The van der Waals surface area contributed by atoms with Crippen molar-refractivity contribution in [1.82, 2.24) is 10.3 Å². The van der Waals surface area contributed by atoms with Crippen LogP contribution in [-0.2, 0) is 4.74 Å². The van der Waals surface area contributed by atoms with Crippen LogP contribution in [0.15, 0.2) is 28.7 Å². The molecule has 2 rings (SSSR count). The number of amides is 1. The molecule has 21 heavy (non-hydrogen) atoms. The van der Waals surface area contributed by atoms with E-state index in [-0.39, 0.29) is 0 Å². The van der Waals surface area contributed by atoms with Gasteiger partial charge in [0.05, 0.1) is 0 Å². The number of hydrogen-bond acceptors (Lipinski definition) is 4. The number of nitrogens with zero attached hydrogens (tertiary/aromatic N) is 1. The monoisotopic (exact) mass is 288 g/mol. The lowest BCUT2D eigenvalue weighted by atomic mass is 10.2. The molecule has 1 heterocycles. The summed E-state index contributed by atoms with van der Waals surface area (Å²) in [5.41, 5.74) is 2.12. The Kier molecular flexibility index (Phi) is 4.31. The highest BCUT2D eigenvalue weighted by Crippen LogP contribution is 2.17. The van der Waals surface area contributed by atoms with E-state index < -0.39 is 11.7 Å². The molecule has 0 aliphatic carbocycles. The van der Waals surface area contributed by atoms with E-state index in [0.717, 1.165) is 16.7 Å². The van der Waals surface area contributed by atoms with Crippen molar-refractivity contribution >= 4 is 23.3 Å². The Balaban J connectivity index is 1.89. The molecule has 0 atom stereocenters. The van der Waals surface area contributed by atoms with E-state index in [0.29, 0.717) is 12.4 Å². The van der Waals surface area contributed by atoms with Gasteiger partial charge in [0.1, 0.15) is 11.1 Å². The second-order valence-electron chi connectivity index (χ2n) is 5.75. The fourth-order valence-electron chi connectivity index (χ4n) is 1.81. The molecule has 1 amide bonds. The fraction of sp³-hybridized carbons (Fsp3) is 0.375. The zero-order valence-corrected chi connectivity index (χ0v) is 12.8. The number of rotatable bonds is 3. The normalized spacial score (nSPS) is 12.0. The Morgan fingerprint density at radius 3 is 2.90 bits per heavy atom. The summed E-state index contributed by atoms with van der Waals surface area (Å²) in [7, 11) is 0. The lowest BCUT2D eigenvalue weighted by Gasteiger charge is -2.19. The second-order valence-corrected chi connectivity index (χ2v) is 5.75. The standard InChI is InChI=1S/C16H20N2O3/c1-11-18-13-10-12(7-8-14(13)20-11)6-5-9-17-15(19)21-16(2,3)4/h5-8,10H,9H2,1-4H3,(H,17,19). The van der Waals surface area contributed by atoms with Crippen molar-refractivity contribution in [3.8, 4) is 0 Å². The number of aryl methyl sites for hydroxylation is 1. The average molecular weight is 288 g/mol. The second kappa shape index (κ2) is 5.99. The number of benzene rings is 1.